The molecule has 0 aliphatic heterocycles. The molecule has 0 saturated carbocycles. The average Bonchev–Trinajstić information content (AvgIpc) is 2.51. The molecule has 0 bridgehead atoms. The van der Waals surface area contributed by atoms with E-state index in [1.807, 2.05) is 0 Å². The number of rotatable bonds is 14. The summed E-state index contributed by atoms with van der Waals surface area (Å²) in [7, 11) is 12.8. The van der Waals surface area contributed by atoms with Gasteiger partial charge in [0.1, 0.15) is 0 Å². The standard InChI is InChI=1S/C18H44ClN4P/c1-9-11-13-15-17-23(18-16-14-12-10-2)24(19,20(3)4,21(5)6)22(7)8/h9-18H2,1-8H3. The van der Waals surface area contributed by atoms with Gasteiger partial charge >= 0.3 is 157 Å². The number of halogens is 1. The van der Waals surface area contributed by atoms with Gasteiger partial charge in [-0.05, 0) is 0 Å². The van der Waals surface area contributed by atoms with Crippen LogP contribution in [-0.2, 0) is 0 Å². The van der Waals surface area contributed by atoms with Crippen LogP contribution >= 0.6 is 17.8 Å². The van der Waals surface area contributed by atoms with Crippen molar-refractivity contribution < 1.29 is 0 Å². The summed E-state index contributed by atoms with van der Waals surface area (Å²) in [6.07, 6.45) is 10.2. The van der Waals surface area contributed by atoms with E-state index >= 15 is 0 Å². The molecule has 0 aliphatic rings. The molecule has 0 radical (unpaired) electrons. The maximum absolute atomic E-state index is 7.63. The van der Waals surface area contributed by atoms with Crippen molar-refractivity contribution in [1.82, 2.24) is 18.7 Å². The van der Waals surface area contributed by atoms with Gasteiger partial charge in [0.05, 0.1) is 0 Å². The Hall–Kier alpha value is 0.560. The molecule has 0 aromatic carbocycles. The zero-order chi connectivity index (χ0) is 18.8. The van der Waals surface area contributed by atoms with Crippen LogP contribution in [0, 0.1) is 0 Å². The first kappa shape index (κ1) is 24.6. The molecule has 0 saturated heterocycles. The number of nitrogens with zero attached hydrogens (tertiary/aromatic N) is 4. The van der Waals surface area contributed by atoms with Crippen LogP contribution in [0.15, 0.2) is 0 Å². The molecular formula is C18H44ClN4P. The van der Waals surface area contributed by atoms with E-state index in [1.165, 1.54) is 51.4 Å². The predicted octanol–water partition coefficient (Wildman–Crippen LogP) is 5.50. The van der Waals surface area contributed by atoms with Gasteiger partial charge in [0.25, 0.3) is 0 Å². The fourth-order valence-corrected chi connectivity index (χ4v) is 8.82. The molecule has 0 atom stereocenters. The van der Waals surface area contributed by atoms with Crippen molar-refractivity contribution >= 4 is 17.8 Å². The van der Waals surface area contributed by atoms with Crippen LogP contribution in [0.4, 0.5) is 0 Å². The summed E-state index contributed by atoms with van der Waals surface area (Å²) in [5.41, 5.74) is 0. The van der Waals surface area contributed by atoms with E-state index in [1.54, 1.807) is 0 Å². The molecule has 0 aromatic heterocycles. The van der Waals surface area contributed by atoms with Crippen molar-refractivity contribution in [3.63, 3.8) is 0 Å². The molecule has 0 unspecified atom stereocenters. The van der Waals surface area contributed by atoms with E-state index in [4.69, 9.17) is 11.2 Å². The molecule has 0 spiro atoms. The molecular weight excluding hydrogens is 339 g/mol. The SMILES string of the molecule is CCCCCCN(CCCCCC)P(Cl)(N(C)C)(N(C)C)N(C)C. The summed E-state index contributed by atoms with van der Waals surface area (Å²) in [4.78, 5) is 0. The van der Waals surface area contributed by atoms with Crippen molar-refractivity contribution in [1.29, 1.82) is 0 Å². The van der Waals surface area contributed by atoms with Gasteiger partial charge in [0.2, 0.25) is 0 Å². The van der Waals surface area contributed by atoms with Crippen molar-refractivity contribution in [2.75, 3.05) is 55.4 Å². The van der Waals surface area contributed by atoms with Gasteiger partial charge in [0.15, 0.2) is 0 Å². The quantitative estimate of drug-likeness (QED) is 0.290. The van der Waals surface area contributed by atoms with Crippen LogP contribution in [0.5, 0.6) is 0 Å². The molecule has 0 fully saturated rings. The first-order chi connectivity index (χ1) is 11.2. The van der Waals surface area contributed by atoms with Gasteiger partial charge < -0.3 is 0 Å². The van der Waals surface area contributed by atoms with E-state index in [2.05, 4.69) is 74.8 Å². The van der Waals surface area contributed by atoms with Gasteiger partial charge in [-0.2, -0.15) is 0 Å². The summed E-state index contributed by atoms with van der Waals surface area (Å²) in [5.74, 6) is 0. The van der Waals surface area contributed by atoms with E-state index < -0.39 is 6.56 Å². The number of hydrogen-bond acceptors (Lipinski definition) is 4. The van der Waals surface area contributed by atoms with Crippen molar-refractivity contribution in [2.45, 2.75) is 65.2 Å². The van der Waals surface area contributed by atoms with E-state index in [0.29, 0.717) is 0 Å². The fraction of sp³-hybridized carbons (Fsp3) is 1.00. The molecule has 0 rings (SSSR count). The predicted molar refractivity (Wildman–Crippen MR) is 114 cm³/mol. The summed E-state index contributed by atoms with van der Waals surface area (Å²) >= 11 is 7.63. The third-order valence-electron chi connectivity index (χ3n) is 5.09. The van der Waals surface area contributed by atoms with Crippen LogP contribution < -0.4 is 0 Å². The fourth-order valence-electron chi connectivity index (χ4n) is 3.73. The van der Waals surface area contributed by atoms with E-state index in [-0.39, 0.29) is 0 Å². The molecule has 0 aliphatic carbocycles. The number of unbranched alkanes of at least 4 members (excludes halogenated alkanes) is 6. The molecule has 0 heterocycles. The minimum atomic E-state index is -2.97. The van der Waals surface area contributed by atoms with Gasteiger partial charge in [-0.25, -0.2) is 0 Å². The van der Waals surface area contributed by atoms with Gasteiger partial charge in [0, 0.05) is 0 Å². The van der Waals surface area contributed by atoms with Gasteiger partial charge in [-0.1, -0.05) is 0 Å². The molecule has 0 aromatic rings. The molecule has 0 amide bonds. The Morgan fingerprint density at radius 1 is 0.583 bits per heavy atom. The van der Waals surface area contributed by atoms with Gasteiger partial charge in [-0.3, -0.25) is 0 Å². The number of hydrogen-bond donors (Lipinski definition) is 0. The molecule has 0 N–H and O–H groups in total. The van der Waals surface area contributed by atoms with Crippen molar-refractivity contribution in [3.8, 4) is 0 Å². The Bertz CT molecular complexity index is 300. The zero-order valence-corrected chi connectivity index (χ0v) is 19.3. The molecule has 148 valence electrons. The molecule has 24 heavy (non-hydrogen) atoms. The second kappa shape index (κ2) is 11.3. The second-order valence-corrected chi connectivity index (χ2v) is 13.9. The van der Waals surface area contributed by atoms with Crippen LogP contribution in [0.1, 0.15) is 65.2 Å². The Kier molecular flexibility index (Phi) is 11.6. The summed E-state index contributed by atoms with van der Waals surface area (Å²) in [5, 5.41) is 0. The summed E-state index contributed by atoms with van der Waals surface area (Å²) in [6, 6.07) is 0. The minimum absolute atomic E-state index is 1.07. The van der Waals surface area contributed by atoms with Crippen molar-refractivity contribution in [3.05, 3.63) is 0 Å². The third kappa shape index (κ3) is 5.28. The van der Waals surface area contributed by atoms with Crippen LogP contribution in [0.25, 0.3) is 0 Å². The van der Waals surface area contributed by atoms with Crippen molar-refractivity contribution in [2.24, 2.45) is 0 Å². The van der Waals surface area contributed by atoms with E-state index in [9.17, 15) is 0 Å². The normalized spacial score (nSPS) is 14.8. The Balaban J connectivity index is 5.46. The van der Waals surface area contributed by atoms with Crippen LogP contribution in [-0.4, -0.2) is 74.1 Å². The monoisotopic (exact) mass is 382 g/mol. The third-order valence-corrected chi connectivity index (χ3v) is 14.0. The molecule has 4 nitrogen and oxygen atoms in total. The topological polar surface area (TPSA) is 13.0 Å². The first-order valence-corrected chi connectivity index (χ1v) is 12.7. The zero-order valence-electron chi connectivity index (χ0n) is 17.7. The maximum atomic E-state index is 7.63. The van der Waals surface area contributed by atoms with Crippen LogP contribution in [0.3, 0.4) is 0 Å². The summed E-state index contributed by atoms with van der Waals surface area (Å²) in [6.45, 7) is 3.71. The Morgan fingerprint density at radius 2 is 0.917 bits per heavy atom. The second-order valence-electron chi connectivity index (χ2n) is 7.46. The Labute approximate surface area is 157 Å². The Morgan fingerprint density at radius 3 is 1.17 bits per heavy atom. The van der Waals surface area contributed by atoms with E-state index in [0.717, 1.165) is 13.1 Å². The average molecular weight is 383 g/mol. The first-order valence-electron chi connectivity index (χ1n) is 9.70. The molecule has 6 heteroatoms. The van der Waals surface area contributed by atoms with Gasteiger partial charge in [-0.15, -0.1) is 0 Å². The van der Waals surface area contributed by atoms with Crippen LogP contribution in [0.2, 0.25) is 0 Å². The summed E-state index contributed by atoms with van der Waals surface area (Å²) < 4.78 is 9.41.